The molecule has 1 aromatic heterocycles. The molecule has 3 unspecified atom stereocenters. The summed E-state index contributed by atoms with van der Waals surface area (Å²) in [6.45, 7) is 1.59. The van der Waals surface area contributed by atoms with Gasteiger partial charge < -0.3 is 18.6 Å². The maximum absolute atomic E-state index is 13.6. The van der Waals surface area contributed by atoms with E-state index in [1.54, 1.807) is 61.5 Å². The zero-order chi connectivity index (χ0) is 27.4. The average Bonchev–Trinajstić information content (AvgIpc) is 3.61. The molecule has 0 saturated carbocycles. The normalized spacial score (nSPS) is 22.6. The highest BCUT2D eigenvalue weighted by Gasteiger charge is 2.86. The minimum absolute atomic E-state index is 0.0167. The Hall–Kier alpha value is -5.03. The number of hydrogen-bond donors (Lipinski definition) is 1. The monoisotopic (exact) mass is 528 g/mol. The van der Waals surface area contributed by atoms with Crippen LogP contribution in [-0.2, 0) is 14.3 Å². The number of nitro benzene ring substituents is 1. The second-order valence-corrected chi connectivity index (χ2v) is 9.04. The van der Waals surface area contributed by atoms with E-state index in [1.165, 1.54) is 24.3 Å². The molecule has 2 aliphatic rings. The van der Waals surface area contributed by atoms with E-state index in [1.807, 2.05) is 0 Å². The Morgan fingerprint density at radius 2 is 1.72 bits per heavy atom. The van der Waals surface area contributed by atoms with Crippen molar-refractivity contribution >= 4 is 28.6 Å². The number of non-ortho nitro benzene ring substituents is 1. The summed E-state index contributed by atoms with van der Waals surface area (Å²) < 4.78 is 23.1. The number of para-hydroxylation sites is 1. The van der Waals surface area contributed by atoms with Crippen molar-refractivity contribution in [2.45, 2.75) is 24.3 Å². The number of carbonyl (C=O) groups is 2. The zero-order valence-electron chi connectivity index (χ0n) is 20.4. The highest BCUT2D eigenvalue weighted by atomic mass is 16.8. The summed E-state index contributed by atoms with van der Waals surface area (Å²) in [4.78, 5) is 51.0. The highest BCUT2D eigenvalue weighted by molar-refractivity contribution is 5.96. The van der Waals surface area contributed by atoms with Crippen LogP contribution in [0.1, 0.15) is 34.3 Å². The first-order chi connectivity index (χ1) is 18.8. The van der Waals surface area contributed by atoms with Crippen LogP contribution in [-0.4, -0.2) is 34.9 Å². The maximum atomic E-state index is 13.6. The first-order valence-electron chi connectivity index (χ1n) is 12.1. The fraction of sp³-hybridized carbons (Fsp3) is 0.179. The van der Waals surface area contributed by atoms with E-state index in [0.29, 0.717) is 10.9 Å². The van der Waals surface area contributed by atoms with Crippen molar-refractivity contribution in [2.24, 2.45) is 0 Å². The Kier molecular flexibility index (Phi) is 5.47. The van der Waals surface area contributed by atoms with E-state index in [2.05, 4.69) is 5.32 Å². The number of rotatable bonds is 6. The summed E-state index contributed by atoms with van der Waals surface area (Å²) >= 11 is 0. The second kappa shape index (κ2) is 8.77. The molecule has 1 fully saturated rings. The van der Waals surface area contributed by atoms with Crippen LogP contribution in [0.25, 0.3) is 11.0 Å². The molecule has 0 bridgehead atoms. The average molecular weight is 528 g/mol. The minimum Gasteiger partial charge on any atom is -0.464 e. The van der Waals surface area contributed by atoms with E-state index in [-0.39, 0.29) is 34.8 Å². The lowest BCUT2D eigenvalue weighted by molar-refractivity contribution is -0.384. The number of fused-ring (bicyclic) bond motifs is 4. The van der Waals surface area contributed by atoms with Crippen LogP contribution in [0.15, 0.2) is 88.1 Å². The van der Waals surface area contributed by atoms with Gasteiger partial charge in [0.15, 0.2) is 0 Å². The molecule has 4 aromatic rings. The second-order valence-electron chi connectivity index (χ2n) is 9.04. The SMILES string of the molecule is CCOC(=O)C12NC1(OC(=O)c1ccccc1)Oc1c(c(=O)oc3ccccc13)C2c1ccc([N+](=O)[O-])cc1. The molecule has 1 N–H and O–H groups in total. The number of esters is 2. The maximum Gasteiger partial charge on any atom is 0.348 e. The molecule has 11 nitrogen and oxygen atoms in total. The van der Waals surface area contributed by atoms with Gasteiger partial charge in [-0.3, -0.25) is 10.1 Å². The molecule has 2 aliphatic heterocycles. The third-order valence-corrected chi connectivity index (χ3v) is 6.87. The fourth-order valence-electron chi connectivity index (χ4n) is 5.10. The van der Waals surface area contributed by atoms with E-state index in [4.69, 9.17) is 18.6 Å². The Morgan fingerprint density at radius 3 is 2.41 bits per heavy atom. The van der Waals surface area contributed by atoms with Crippen LogP contribution in [0.4, 0.5) is 5.69 Å². The van der Waals surface area contributed by atoms with Crippen LogP contribution in [0, 0.1) is 10.1 Å². The zero-order valence-corrected chi connectivity index (χ0v) is 20.4. The van der Waals surface area contributed by atoms with Crippen LogP contribution in [0.5, 0.6) is 5.75 Å². The van der Waals surface area contributed by atoms with Crippen molar-refractivity contribution in [1.82, 2.24) is 5.32 Å². The van der Waals surface area contributed by atoms with Crippen LogP contribution >= 0.6 is 0 Å². The topological polar surface area (TPSA) is 157 Å². The number of nitrogens with one attached hydrogen (secondary N) is 1. The van der Waals surface area contributed by atoms with Gasteiger partial charge in [-0.05, 0) is 36.8 Å². The van der Waals surface area contributed by atoms with Crippen molar-refractivity contribution in [3.05, 3.63) is 116 Å². The van der Waals surface area contributed by atoms with Crippen molar-refractivity contribution in [2.75, 3.05) is 6.61 Å². The van der Waals surface area contributed by atoms with Gasteiger partial charge in [-0.15, -0.1) is 0 Å². The van der Waals surface area contributed by atoms with Gasteiger partial charge >= 0.3 is 23.5 Å². The van der Waals surface area contributed by atoms with Crippen molar-refractivity contribution in [3.8, 4) is 5.75 Å². The molecule has 196 valence electrons. The molecule has 0 amide bonds. The van der Waals surface area contributed by atoms with Gasteiger partial charge in [0.1, 0.15) is 11.3 Å². The molecule has 0 aliphatic carbocycles. The standard InChI is InChI=1S/C28H20N2O9/c1-2-36-26(33)27-22(16-12-14-18(15-13-16)30(34)35)21-23(19-10-6-7-11-20(19)37-25(21)32)38-28(27,29-27)39-24(31)17-8-4-3-5-9-17/h3-15,22,29H,2H2,1H3. The lowest BCUT2D eigenvalue weighted by Gasteiger charge is -2.34. The van der Waals surface area contributed by atoms with Gasteiger partial charge in [-0.25, -0.2) is 19.7 Å². The smallest absolute Gasteiger partial charge is 0.348 e. The van der Waals surface area contributed by atoms with Gasteiger partial charge in [0.2, 0.25) is 5.54 Å². The van der Waals surface area contributed by atoms with Crippen molar-refractivity contribution in [1.29, 1.82) is 0 Å². The molecular weight excluding hydrogens is 508 g/mol. The lowest BCUT2D eigenvalue weighted by Crippen LogP contribution is -2.50. The fourth-order valence-corrected chi connectivity index (χ4v) is 5.10. The molecular formula is C28H20N2O9. The van der Waals surface area contributed by atoms with Gasteiger partial charge in [0.25, 0.3) is 5.69 Å². The summed E-state index contributed by atoms with van der Waals surface area (Å²) in [6.07, 6.45) is 0. The van der Waals surface area contributed by atoms with Gasteiger partial charge in [-0.2, -0.15) is 0 Å². The molecule has 6 rings (SSSR count). The lowest BCUT2D eigenvalue weighted by atomic mass is 9.77. The summed E-state index contributed by atoms with van der Waals surface area (Å²) in [5, 5.41) is 14.6. The van der Waals surface area contributed by atoms with Crippen molar-refractivity contribution < 1.29 is 33.1 Å². The Balaban J connectivity index is 1.60. The first kappa shape index (κ1) is 24.3. The van der Waals surface area contributed by atoms with Crippen molar-refractivity contribution in [3.63, 3.8) is 0 Å². The van der Waals surface area contributed by atoms with Gasteiger partial charge in [0, 0.05) is 12.1 Å². The number of nitrogens with zero attached hydrogens (tertiary/aromatic N) is 1. The number of benzene rings is 3. The number of hydrogen-bond acceptors (Lipinski definition) is 10. The Bertz CT molecular complexity index is 1700. The summed E-state index contributed by atoms with van der Waals surface area (Å²) in [7, 11) is 0. The third-order valence-electron chi connectivity index (χ3n) is 6.87. The number of ether oxygens (including phenoxy) is 3. The van der Waals surface area contributed by atoms with E-state index >= 15 is 0 Å². The minimum atomic E-state index is -2.05. The largest absolute Gasteiger partial charge is 0.464 e. The van der Waals surface area contributed by atoms with Crippen LogP contribution in [0.2, 0.25) is 0 Å². The molecule has 3 atom stereocenters. The Morgan fingerprint density at radius 1 is 1.03 bits per heavy atom. The van der Waals surface area contributed by atoms with Gasteiger partial charge in [0.05, 0.1) is 34.0 Å². The first-order valence-corrected chi connectivity index (χ1v) is 12.1. The highest BCUT2D eigenvalue weighted by Crippen LogP contribution is 2.60. The summed E-state index contributed by atoms with van der Waals surface area (Å²) in [6, 6.07) is 20.1. The summed E-state index contributed by atoms with van der Waals surface area (Å²) in [5.74, 6) is -4.79. The van der Waals surface area contributed by atoms with Crippen LogP contribution < -0.4 is 15.7 Å². The summed E-state index contributed by atoms with van der Waals surface area (Å²) in [5.41, 5.74) is -2.12. The molecule has 3 aromatic carbocycles. The number of nitro groups is 1. The molecule has 0 spiro atoms. The van der Waals surface area contributed by atoms with E-state index in [9.17, 15) is 24.5 Å². The van der Waals surface area contributed by atoms with E-state index in [0.717, 1.165) is 0 Å². The molecule has 1 saturated heterocycles. The number of carbonyl (C=O) groups excluding carboxylic acids is 2. The molecule has 39 heavy (non-hydrogen) atoms. The van der Waals surface area contributed by atoms with E-state index < -0.39 is 39.9 Å². The predicted molar refractivity (Wildman–Crippen MR) is 135 cm³/mol. The predicted octanol–water partition coefficient (Wildman–Crippen LogP) is 3.64. The van der Waals surface area contributed by atoms with Crippen LogP contribution in [0.3, 0.4) is 0 Å². The molecule has 0 radical (unpaired) electrons. The third kappa shape index (κ3) is 3.58. The molecule has 11 heteroatoms. The quantitative estimate of drug-likeness (QED) is 0.129. The molecule has 3 heterocycles. The Labute approximate surface area is 220 Å². The van der Waals surface area contributed by atoms with Gasteiger partial charge in [-0.1, -0.05) is 42.5 Å².